The molecule has 2 heterocycles. The van der Waals surface area contributed by atoms with Crippen LogP contribution in [0.4, 0.5) is 16.2 Å². The molecule has 1 aromatic carbocycles. The van der Waals surface area contributed by atoms with Gasteiger partial charge in [0.2, 0.25) is 0 Å². The number of hydrogen-bond acceptors (Lipinski definition) is 3. The van der Waals surface area contributed by atoms with Gasteiger partial charge in [0, 0.05) is 43.3 Å². The Hall–Kier alpha value is -2.01. The normalized spacial score (nSPS) is 21.1. The van der Waals surface area contributed by atoms with Crippen LogP contribution in [0.15, 0.2) is 36.5 Å². The summed E-state index contributed by atoms with van der Waals surface area (Å²) in [6, 6.07) is 8.75. The van der Waals surface area contributed by atoms with E-state index in [9.17, 15) is 4.79 Å². The maximum atomic E-state index is 12.2. The lowest BCUT2D eigenvalue weighted by atomic mass is 10.2. The highest BCUT2D eigenvalue weighted by Crippen LogP contribution is 2.24. The fraction of sp³-hybridized carbons (Fsp3) is 0.500. The van der Waals surface area contributed by atoms with Gasteiger partial charge in [-0.15, -0.1) is 0 Å². The van der Waals surface area contributed by atoms with Crippen molar-refractivity contribution in [3.63, 3.8) is 0 Å². The summed E-state index contributed by atoms with van der Waals surface area (Å²) in [5.74, 6) is 0. The molecule has 1 N–H and O–H groups in total. The van der Waals surface area contributed by atoms with Crippen molar-refractivity contribution in [2.45, 2.75) is 25.3 Å². The number of likely N-dealkylation sites (N-methyl/N-ethyl adjacent to an activating group) is 1. The number of anilines is 2. The van der Waals surface area contributed by atoms with Crippen LogP contribution in [-0.4, -0.2) is 55.6 Å². The van der Waals surface area contributed by atoms with Gasteiger partial charge in [-0.25, -0.2) is 4.79 Å². The molecule has 0 bridgehead atoms. The molecule has 1 fully saturated rings. The zero-order valence-electron chi connectivity index (χ0n) is 14.0. The summed E-state index contributed by atoms with van der Waals surface area (Å²) in [5.41, 5.74) is 2.08. The Balaban J connectivity index is 1.58. The Morgan fingerprint density at radius 1 is 1.22 bits per heavy atom. The first kappa shape index (κ1) is 15.9. The number of allylic oxidation sites excluding steroid dienone is 1. The van der Waals surface area contributed by atoms with E-state index in [0.29, 0.717) is 6.04 Å². The molecule has 23 heavy (non-hydrogen) atoms. The first-order chi connectivity index (χ1) is 11.1. The summed E-state index contributed by atoms with van der Waals surface area (Å²) in [4.78, 5) is 18.6. The predicted octanol–water partition coefficient (Wildman–Crippen LogP) is 2.97. The van der Waals surface area contributed by atoms with Crippen molar-refractivity contribution in [1.82, 2.24) is 9.80 Å². The van der Waals surface area contributed by atoms with Gasteiger partial charge in [0.25, 0.3) is 0 Å². The molecule has 0 saturated carbocycles. The Morgan fingerprint density at radius 2 is 2.00 bits per heavy atom. The number of amides is 2. The highest BCUT2D eigenvalue weighted by molar-refractivity contribution is 5.90. The van der Waals surface area contributed by atoms with Gasteiger partial charge in [-0.05, 0) is 57.6 Å². The van der Waals surface area contributed by atoms with Gasteiger partial charge in [-0.1, -0.05) is 6.08 Å². The molecule has 5 heteroatoms. The van der Waals surface area contributed by atoms with E-state index in [1.165, 1.54) is 12.1 Å². The van der Waals surface area contributed by atoms with Gasteiger partial charge in [-0.2, -0.15) is 0 Å². The van der Waals surface area contributed by atoms with E-state index in [-0.39, 0.29) is 6.03 Å². The van der Waals surface area contributed by atoms with Crippen LogP contribution in [0, 0.1) is 0 Å². The van der Waals surface area contributed by atoms with Crippen molar-refractivity contribution in [1.29, 1.82) is 0 Å². The van der Waals surface area contributed by atoms with E-state index >= 15 is 0 Å². The van der Waals surface area contributed by atoms with Gasteiger partial charge < -0.3 is 20.0 Å². The summed E-state index contributed by atoms with van der Waals surface area (Å²) in [5, 5.41) is 2.97. The summed E-state index contributed by atoms with van der Waals surface area (Å²) < 4.78 is 0. The van der Waals surface area contributed by atoms with E-state index in [0.717, 1.165) is 38.2 Å². The van der Waals surface area contributed by atoms with E-state index < -0.39 is 0 Å². The molecule has 5 nitrogen and oxygen atoms in total. The summed E-state index contributed by atoms with van der Waals surface area (Å²) in [7, 11) is 4.28. The van der Waals surface area contributed by atoms with Crippen molar-refractivity contribution in [3.8, 4) is 0 Å². The number of carbonyl (C=O) groups is 1. The molecular weight excluding hydrogens is 288 g/mol. The van der Waals surface area contributed by atoms with E-state index in [2.05, 4.69) is 41.3 Å². The molecule has 2 aliphatic rings. The number of rotatable bonds is 3. The Kier molecular flexibility index (Phi) is 4.86. The van der Waals surface area contributed by atoms with Crippen LogP contribution in [0.2, 0.25) is 0 Å². The highest BCUT2D eigenvalue weighted by atomic mass is 16.2. The second-order valence-electron chi connectivity index (χ2n) is 6.55. The molecular formula is C18H26N4O. The minimum atomic E-state index is -0.0532. The third-order valence-corrected chi connectivity index (χ3v) is 4.69. The van der Waals surface area contributed by atoms with Crippen LogP contribution in [0.25, 0.3) is 0 Å². The van der Waals surface area contributed by atoms with Crippen LogP contribution in [0.5, 0.6) is 0 Å². The van der Waals surface area contributed by atoms with E-state index in [4.69, 9.17) is 0 Å². The standard InChI is InChI=1S/C18H26N4O/c1-20(2)17-10-13-22(14-17)16-8-6-15(7-9-16)19-18(23)21-11-4-3-5-12-21/h4,6-9,11,17H,3,5,10,12-14H2,1-2H3,(H,19,23). The topological polar surface area (TPSA) is 38.8 Å². The lowest BCUT2D eigenvalue weighted by molar-refractivity contribution is 0.226. The van der Waals surface area contributed by atoms with Crippen LogP contribution in [-0.2, 0) is 0 Å². The molecule has 1 unspecified atom stereocenters. The van der Waals surface area contributed by atoms with Crippen LogP contribution in [0.1, 0.15) is 19.3 Å². The van der Waals surface area contributed by atoms with Crippen LogP contribution < -0.4 is 10.2 Å². The quantitative estimate of drug-likeness (QED) is 0.932. The Labute approximate surface area is 138 Å². The fourth-order valence-electron chi connectivity index (χ4n) is 3.17. The van der Waals surface area contributed by atoms with E-state index in [1.54, 1.807) is 4.90 Å². The third kappa shape index (κ3) is 3.85. The van der Waals surface area contributed by atoms with Crippen molar-refractivity contribution < 1.29 is 4.79 Å². The van der Waals surface area contributed by atoms with Gasteiger partial charge >= 0.3 is 6.03 Å². The van der Waals surface area contributed by atoms with E-state index in [1.807, 2.05) is 24.4 Å². The molecule has 2 amide bonds. The number of urea groups is 1. The monoisotopic (exact) mass is 314 g/mol. The fourth-order valence-corrected chi connectivity index (χ4v) is 3.17. The largest absolute Gasteiger partial charge is 0.370 e. The third-order valence-electron chi connectivity index (χ3n) is 4.69. The molecule has 0 spiro atoms. The molecule has 124 valence electrons. The van der Waals surface area contributed by atoms with Crippen LogP contribution in [0.3, 0.4) is 0 Å². The molecule has 0 radical (unpaired) electrons. The second-order valence-corrected chi connectivity index (χ2v) is 6.55. The molecule has 2 aliphatic heterocycles. The number of hydrogen-bond donors (Lipinski definition) is 1. The number of benzene rings is 1. The van der Waals surface area contributed by atoms with Crippen molar-refractivity contribution in [2.75, 3.05) is 43.9 Å². The molecule has 1 saturated heterocycles. The average molecular weight is 314 g/mol. The number of nitrogens with one attached hydrogen (secondary N) is 1. The lowest BCUT2D eigenvalue weighted by Crippen LogP contribution is -2.32. The van der Waals surface area contributed by atoms with Crippen molar-refractivity contribution >= 4 is 17.4 Å². The molecule has 1 aromatic rings. The van der Waals surface area contributed by atoms with Crippen molar-refractivity contribution in [3.05, 3.63) is 36.5 Å². The molecule has 0 aromatic heterocycles. The van der Waals surface area contributed by atoms with Crippen molar-refractivity contribution in [2.24, 2.45) is 0 Å². The summed E-state index contributed by atoms with van der Waals surface area (Å²) in [6.45, 7) is 2.95. The molecule has 3 rings (SSSR count). The van der Waals surface area contributed by atoms with Gasteiger partial charge in [-0.3, -0.25) is 0 Å². The first-order valence-electron chi connectivity index (χ1n) is 8.39. The van der Waals surface area contributed by atoms with Gasteiger partial charge in [0.1, 0.15) is 0 Å². The average Bonchev–Trinajstić information content (AvgIpc) is 3.07. The minimum absolute atomic E-state index is 0.0532. The molecule has 1 atom stereocenters. The van der Waals surface area contributed by atoms with Gasteiger partial charge in [0.15, 0.2) is 0 Å². The smallest absolute Gasteiger partial charge is 0.325 e. The SMILES string of the molecule is CN(C)C1CCN(c2ccc(NC(=O)N3C=CCCC3)cc2)C1. The molecule has 0 aliphatic carbocycles. The second kappa shape index (κ2) is 7.04. The lowest BCUT2D eigenvalue weighted by Gasteiger charge is -2.23. The maximum Gasteiger partial charge on any atom is 0.325 e. The number of nitrogens with zero attached hydrogens (tertiary/aromatic N) is 3. The maximum absolute atomic E-state index is 12.2. The first-order valence-corrected chi connectivity index (χ1v) is 8.39. The predicted molar refractivity (Wildman–Crippen MR) is 94.8 cm³/mol. The minimum Gasteiger partial charge on any atom is -0.370 e. The Morgan fingerprint density at radius 3 is 2.61 bits per heavy atom. The summed E-state index contributed by atoms with van der Waals surface area (Å²) in [6.07, 6.45) is 7.21. The highest BCUT2D eigenvalue weighted by Gasteiger charge is 2.24. The zero-order chi connectivity index (χ0) is 16.2. The summed E-state index contributed by atoms with van der Waals surface area (Å²) >= 11 is 0. The zero-order valence-corrected chi connectivity index (χ0v) is 14.0. The number of carbonyl (C=O) groups excluding carboxylic acids is 1. The van der Waals surface area contributed by atoms with Gasteiger partial charge in [0.05, 0.1) is 0 Å². The Bertz CT molecular complexity index is 567. The van der Waals surface area contributed by atoms with Crippen LogP contribution >= 0.6 is 0 Å².